The van der Waals surface area contributed by atoms with Crippen LogP contribution in [0.5, 0.6) is 0 Å². The lowest BCUT2D eigenvalue weighted by Gasteiger charge is -2.20. The summed E-state index contributed by atoms with van der Waals surface area (Å²) in [4.78, 5) is 11.2. The molecule has 1 aliphatic heterocycles. The monoisotopic (exact) mass is 184 g/mol. The van der Waals surface area contributed by atoms with Gasteiger partial charge < -0.3 is 4.74 Å². The van der Waals surface area contributed by atoms with Gasteiger partial charge in [-0.1, -0.05) is 32.6 Å². The minimum atomic E-state index is 0.0442. The lowest BCUT2D eigenvalue weighted by molar-refractivity contribution is -0.153. The number of hydrogen-bond acceptors (Lipinski definition) is 2. The van der Waals surface area contributed by atoms with Crippen molar-refractivity contribution in [3.63, 3.8) is 0 Å². The summed E-state index contributed by atoms with van der Waals surface area (Å²) in [7, 11) is 0. The SMILES string of the molecule is CCCCCC[C@@H]1CCCOC1=O. The number of ether oxygens (including phenoxy) is 1. The third-order valence-corrected chi connectivity index (χ3v) is 2.68. The van der Waals surface area contributed by atoms with Crippen molar-refractivity contribution in [1.82, 2.24) is 0 Å². The van der Waals surface area contributed by atoms with Gasteiger partial charge in [0.2, 0.25) is 0 Å². The molecule has 0 N–H and O–H groups in total. The average molecular weight is 184 g/mol. The van der Waals surface area contributed by atoms with Crippen LogP contribution in [-0.2, 0) is 9.53 Å². The minimum Gasteiger partial charge on any atom is -0.465 e. The molecule has 1 atom stereocenters. The van der Waals surface area contributed by atoms with Gasteiger partial charge >= 0.3 is 5.97 Å². The highest BCUT2D eigenvalue weighted by Gasteiger charge is 2.22. The van der Waals surface area contributed by atoms with E-state index in [0.717, 1.165) is 19.3 Å². The number of carbonyl (C=O) groups is 1. The van der Waals surface area contributed by atoms with Crippen LogP contribution >= 0.6 is 0 Å². The van der Waals surface area contributed by atoms with Crippen LogP contribution in [0.2, 0.25) is 0 Å². The van der Waals surface area contributed by atoms with Gasteiger partial charge in [0, 0.05) is 0 Å². The highest BCUT2D eigenvalue weighted by atomic mass is 16.5. The van der Waals surface area contributed by atoms with Gasteiger partial charge in [-0.3, -0.25) is 4.79 Å². The van der Waals surface area contributed by atoms with Gasteiger partial charge in [-0.25, -0.2) is 0 Å². The lowest BCUT2D eigenvalue weighted by atomic mass is 9.95. The second kappa shape index (κ2) is 6.01. The Morgan fingerprint density at radius 1 is 1.38 bits per heavy atom. The maximum atomic E-state index is 11.2. The molecule has 2 heteroatoms. The molecule has 0 amide bonds. The first kappa shape index (κ1) is 10.6. The second-order valence-electron chi connectivity index (χ2n) is 3.86. The minimum absolute atomic E-state index is 0.0442. The quantitative estimate of drug-likeness (QED) is 0.485. The molecule has 0 saturated carbocycles. The van der Waals surface area contributed by atoms with E-state index in [-0.39, 0.29) is 11.9 Å². The topological polar surface area (TPSA) is 26.3 Å². The summed E-state index contributed by atoms with van der Waals surface area (Å²) in [5.41, 5.74) is 0. The van der Waals surface area contributed by atoms with E-state index in [9.17, 15) is 4.79 Å². The Labute approximate surface area is 80.7 Å². The Morgan fingerprint density at radius 3 is 2.92 bits per heavy atom. The van der Waals surface area contributed by atoms with E-state index >= 15 is 0 Å². The molecule has 0 spiro atoms. The molecule has 2 nitrogen and oxygen atoms in total. The summed E-state index contributed by atoms with van der Waals surface area (Å²) in [6, 6.07) is 0. The van der Waals surface area contributed by atoms with Gasteiger partial charge in [0.15, 0.2) is 0 Å². The maximum absolute atomic E-state index is 11.2. The molecule has 0 radical (unpaired) electrons. The Kier molecular flexibility index (Phi) is 4.87. The van der Waals surface area contributed by atoms with Crippen LogP contribution in [-0.4, -0.2) is 12.6 Å². The molecule has 0 aliphatic carbocycles. The summed E-state index contributed by atoms with van der Waals surface area (Å²) < 4.78 is 5.01. The van der Waals surface area contributed by atoms with Crippen molar-refractivity contribution in [2.24, 2.45) is 5.92 Å². The van der Waals surface area contributed by atoms with Gasteiger partial charge in [-0.2, -0.15) is 0 Å². The van der Waals surface area contributed by atoms with E-state index in [4.69, 9.17) is 4.74 Å². The van der Waals surface area contributed by atoms with Crippen LogP contribution < -0.4 is 0 Å². The first-order chi connectivity index (χ1) is 6.34. The number of esters is 1. The van der Waals surface area contributed by atoms with Crippen molar-refractivity contribution in [1.29, 1.82) is 0 Å². The first-order valence-electron chi connectivity index (χ1n) is 5.51. The molecule has 0 unspecified atom stereocenters. The van der Waals surface area contributed by atoms with Crippen LogP contribution in [0.15, 0.2) is 0 Å². The van der Waals surface area contributed by atoms with Crippen molar-refractivity contribution < 1.29 is 9.53 Å². The predicted molar refractivity (Wildman–Crippen MR) is 52.4 cm³/mol. The Balaban J connectivity index is 2.08. The predicted octanol–water partition coefficient (Wildman–Crippen LogP) is 2.91. The van der Waals surface area contributed by atoms with E-state index in [1.54, 1.807) is 0 Å². The molecule has 0 bridgehead atoms. The third kappa shape index (κ3) is 3.79. The molecule has 0 aromatic carbocycles. The Bertz CT molecular complexity index is 154. The molecule has 76 valence electrons. The first-order valence-corrected chi connectivity index (χ1v) is 5.51. The van der Waals surface area contributed by atoms with Crippen molar-refractivity contribution >= 4 is 5.97 Å². The fourth-order valence-electron chi connectivity index (χ4n) is 1.82. The largest absolute Gasteiger partial charge is 0.465 e. The zero-order chi connectivity index (χ0) is 9.52. The number of hydrogen-bond donors (Lipinski definition) is 0. The lowest BCUT2D eigenvalue weighted by Crippen LogP contribution is -2.23. The van der Waals surface area contributed by atoms with Crippen molar-refractivity contribution in [3.05, 3.63) is 0 Å². The van der Waals surface area contributed by atoms with E-state index in [0.29, 0.717) is 6.61 Å². The number of cyclic esters (lactones) is 1. The molecule has 0 aromatic heterocycles. The van der Waals surface area contributed by atoms with Crippen LogP contribution in [0.4, 0.5) is 0 Å². The molecule has 0 aromatic rings. The van der Waals surface area contributed by atoms with E-state index in [1.807, 2.05) is 0 Å². The third-order valence-electron chi connectivity index (χ3n) is 2.68. The summed E-state index contributed by atoms with van der Waals surface area (Å²) in [6.45, 7) is 2.85. The average Bonchev–Trinajstić information content (AvgIpc) is 2.15. The van der Waals surface area contributed by atoms with Crippen molar-refractivity contribution in [2.45, 2.75) is 51.9 Å². The standard InChI is InChI=1S/C11H20O2/c1-2-3-4-5-7-10-8-6-9-13-11(10)12/h10H,2-9H2,1H3/t10-/m1/s1. The molecule has 1 heterocycles. The normalized spacial score (nSPS) is 22.8. The zero-order valence-electron chi connectivity index (χ0n) is 8.55. The molecular formula is C11H20O2. The van der Waals surface area contributed by atoms with Gasteiger partial charge in [-0.05, 0) is 19.3 Å². The molecule has 1 rings (SSSR count). The van der Waals surface area contributed by atoms with Crippen LogP contribution in [0, 0.1) is 5.92 Å². The van der Waals surface area contributed by atoms with Crippen molar-refractivity contribution in [3.8, 4) is 0 Å². The zero-order valence-corrected chi connectivity index (χ0v) is 8.55. The van der Waals surface area contributed by atoms with Crippen molar-refractivity contribution in [2.75, 3.05) is 6.61 Å². The highest BCUT2D eigenvalue weighted by molar-refractivity contribution is 5.72. The van der Waals surface area contributed by atoms with E-state index in [2.05, 4.69) is 6.92 Å². The summed E-state index contributed by atoms with van der Waals surface area (Å²) in [6.07, 6.45) is 8.15. The van der Waals surface area contributed by atoms with Gasteiger partial charge in [0.25, 0.3) is 0 Å². The fraction of sp³-hybridized carbons (Fsp3) is 0.909. The van der Waals surface area contributed by atoms with E-state index in [1.165, 1.54) is 25.7 Å². The fourth-order valence-corrected chi connectivity index (χ4v) is 1.82. The number of carbonyl (C=O) groups excluding carboxylic acids is 1. The van der Waals surface area contributed by atoms with Gasteiger partial charge in [0.05, 0.1) is 12.5 Å². The van der Waals surface area contributed by atoms with Gasteiger partial charge in [0.1, 0.15) is 0 Å². The molecule has 1 aliphatic rings. The highest BCUT2D eigenvalue weighted by Crippen LogP contribution is 2.21. The maximum Gasteiger partial charge on any atom is 0.308 e. The molecular weight excluding hydrogens is 164 g/mol. The van der Waals surface area contributed by atoms with Crippen LogP contribution in [0.1, 0.15) is 51.9 Å². The Morgan fingerprint density at radius 2 is 2.23 bits per heavy atom. The number of unbranched alkanes of at least 4 members (excludes halogenated alkanes) is 3. The smallest absolute Gasteiger partial charge is 0.308 e. The molecule has 1 fully saturated rings. The number of rotatable bonds is 5. The molecule has 13 heavy (non-hydrogen) atoms. The summed E-state index contributed by atoms with van der Waals surface area (Å²) in [5.74, 6) is 0.258. The van der Waals surface area contributed by atoms with Crippen LogP contribution in [0.25, 0.3) is 0 Å². The second-order valence-corrected chi connectivity index (χ2v) is 3.86. The molecule has 1 saturated heterocycles. The Hall–Kier alpha value is -0.530. The van der Waals surface area contributed by atoms with Crippen LogP contribution in [0.3, 0.4) is 0 Å². The van der Waals surface area contributed by atoms with E-state index < -0.39 is 0 Å². The summed E-state index contributed by atoms with van der Waals surface area (Å²) in [5, 5.41) is 0. The van der Waals surface area contributed by atoms with Gasteiger partial charge in [-0.15, -0.1) is 0 Å². The summed E-state index contributed by atoms with van der Waals surface area (Å²) >= 11 is 0.